The number of hydrogen-bond donors (Lipinski definition) is 1. The van der Waals surface area contributed by atoms with Gasteiger partial charge in [-0.3, -0.25) is 0 Å². The SMILES string of the molecule is CC(=Cc1ccccc1C)C(=O)O. The van der Waals surface area contributed by atoms with Crippen LogP contribution in [0.4, 0.5) is 0 Å². The number of carboxylic acids is 1. The van der Waals surface area contributed by atoms with Gasteiger partial charge in [-0.2, -0.15) is 0 Å². The van der Waals surface area contributed by atoms with Gasteiger partial charge in [0.1, 0.15) is 0 Å². The fourth-order valence-corrected chi connectivity index (χ4v) is 1.04. The molecule has 0 saturated heterocycles. The normalized spacial score (nSPS) is 11.4. The first-order valence-electron chi connectivity index (χ1n) is 4.08. The van der Waals surface area contributed by atoms with Crippen LogP contribution in [0.25, 0.3) is 6.08 Å². The van der Waals surface area contributed by atoms with E-state index in [9.17, 15) is 4.79 Å². The molecule has 68 valence electrons. The van der Waals surface area contributed by atoms with E-state index in [2.05, 4.69) is 0 Å². The van der Waals surface area contributed by atoms with Crippen LogP contribution >= 0.6 is 0 Å². The van der Waals surface area contributed by atoms with Gasteiger partial charge in [0.15, 0.2) is 0 Å². The Labute approximate surface area is 77.5 Å². The molecule has 0 saturated carbocycles. The summed E-state index contributed by atoms with van der Waals surface area (Å²) in [6, 6.07) is 7.69. The fraction of sp³-hybridized carbons (Fsp3) is 0.182. The fourth-order valence-electron chi connectivity index (χ4n) is 1.04. The highest BCUT2D eigenvalue weighted by Crippen LogP contribution is 2.11. The molecule has 0 aromatic heterocycles. The van der Waals surface area contributed by atoms with Gasteiger partial charge in [0.2, 0.25) is 0 Å². The predicted octanol–water partition coefficient (Wildman–Crippen LogP) is 2.48. The second kappa shape index (κ2) is 3.90. The average Bonchev–Trinajstić information content (AvgIpc) is 2.08. The van der Waals surface area contributed by atoms with Crippen molar-refractivity contribution in [3.63, 3.8) is 0 Å². The Bertz CT molecular complexity index is 351. The molecule has 1 aromatic rings. The van der Waals surface area contributed by atoms with Crippen LogP contribution in [0.1, 0.15) is 18.1 Å². The molecule has 2 nitrogen and oxygen atoms in total. The number of carbonyl (C=O) groups is 1. The van der Waals surface area contributed by atoms with Crippen LogP contribution in [0.3, 0.4) is 0 Å². The summed E-state index contributed by atoms with van der Waals surface area (Å²) in [5.74, 6) is -0.872. The van der Waals surface area contributed by atoms with Crippen LogP contribution in [-0.4, -0.2) is 11.1 Å². The largest absolute Gasteiger partial charge is 0.478 e. The lowest BCUT2D eigenvalue weighted by Crippen LogP contribution is -1.95. The lowest BCUT2D eigenvalue weighted by molar-refractivity contribution is -0.132. The molecule has 0 amide bonds. The molecule has 0 radical (unpaired) electrons. The van der Waals surface area contributed by atoms with E-state index >= 15 is 0 Å². The summed E-state index contributed by atoms with van der Waals surface area (Å²) in [6.07, 6.45) is 1.68. The van der Waals surface area contributed by atoms with Gasteiger partial charge < -0.3 is 5.11 Å². The van der Waals surface area contributed by atoms with Gasteiger partial charge in [0.25, 0.3) is 0 Å². The molecule has 0 bridgehead atoms. The van der Waals surface area contributed by atoms with Crippen LogP contribution < -0.4 is 0 Å². The highest BCUT2D eigenvalue weighted by molar-refractivity contribution is 5.91. The van der Waals surface area contributed by atoms with Crippen molar-refractivity contribution in [3.05, 3.63) is 41.0 Å². The molecule has 0 aliphatic carbocycles. The summed E-state index contributed by atoms with van der Waals surface area (Å²) in [7, 11) is 0. The molecular weight excluding hydrogens is 164 g/mol. The molecule has 0 aliphatic rings. The summed E-state index contributed by atoms with van der Waals surface area (Å²) < 4.78 is 0. The molecule has 1 N–H and O–H groups in total. The van der Waals surface area contributed by atoms with Crippen LogP contribution in [0.15, 0.2) is 29.8 Å². The molecule has 2 heteroatoms. The maximum Gasteiger partial charge on any atom is 0.331 e. The zero-order valence-electron chi connectivity index (χ0n) is 7.74. The summed E-state index contributed by atoms with van der Waals surface area (Å²) in [4.78, 5) is 10.5. The molecule has 0 unspecified atom stereocenters. The topological polar surface area (TPSA) is 37.3 Å². The molecule has 1 rings (SSSR count). The number of benzene rings is 1. The smallest absolute Gasteiger partial charge is 0.331 e. The van der Waals surface area contributed by atoms with Crippen molar-refractivity contribution in [2.24, 2.45) is 0 Å². The van der Waals surface area contributed by atoms with Gasteiger partial charge in [-0.25, -0.2) is 4.79 Å². The van der Waals surface area contributed by atoms with Crippen molar-refractivity contribution < 1.29 is 9.90 Å². The number of carboxylic acid groups (broad SMARTS) is 1. The zero-order chi connectivity index (χ0) is 9.84. The van der Waals surface area contributed by atoms with E-state index in [0.29, 0.717) is 5.57 Å². The standard InChI is InChI=1S/C11H12O2/c1-8-5-3-4-6-10(8)7-9(2)11(12)13/h3-7H,1-2H3,(H,12,13). The Morgan fingerprint density at radius 1 is 1.38 bits per heavy atom. The van der Waals surface area contributed by atoms with E-state index in [4.69, 9.17) is 5.11 Å². The number of aryl methyl sites for hydroxylation is 1. The van der Waals surface area contributed by atoms with E-state index in [1.807, 2.05) is 31.2 Å². The Morgan fingerprint density at radius 2 is 2.00 bits per heavy atom. The predicted molar refractivity (Wildman–Crippen MR) is 52.5 cm³/mol. The Kier molecular flexibility index (Phi) is 2.85. The van der Waals surface area contributed by atoms with E-state index in [1.165, 1.54) is 0 Å². The molecule has 0 heterocycles. The number of aliphatic carboxylic acids is 1. The third kappa shape index (κ3) is 2.44. The summed E-state index contributed by atoms with van der Waals surface area (Å²) in [6.45, 7) is 3.55. The minimum absolute atomic E-state index is 0.356. The first kappa shape index (κ1) is 9.52. The van der Waals surface area contributed by atoms with Crippen LogP contribution in [-0.2, 0) is 4.79 Å². The molecule has 0 atom stereocenters. The Hall–Kier alpha value is -1.57. The summed E-state index contributed by atoms with van der Waals surface area (Å²) >= 11 is 0. The molecule has 0 fully saturated rings. The molecule has 1 aromatic carbocycles. The van der Waals surface area contributed by atoms with Crippen molar-refractivity contribution in [2.75, 3.05) is 0 Å². The van der Waals surface area contributed by atoms with Crippen molar-refractivity contribution in [3.8, 4) is 0 Å². The van der Waals surface area contributed by atoms with Gasteiger partial charge in [-0.15, -0.1) is 0 Å². The highest BCUT2D eigenvalue weighted by Gasteiger charge is 2.00. The monoisotopic (exact) mass is 176 g/mol. The van der Waals surface area contributed by atoms with E-state index < -0.39 is 5.97 Å². The molecule has 0 aliphatic heterocycles. The second-order valence-corrected chi connectivity index (χ2v) is 2.99. The first-order valence-corrected chi connectivity index (χ1v) is 4.08. The van der Waals surface area contributed by atoms with Crippen molar-refractivity contribution in [1.29, 1.82) is 0 Å². The lowest BCUT2D eigenvalue weighted by atomic mass is 10.1. The molecular formula is C11H12O2. The Balaban J connectivity index is 3.04. The number of rotatable bonds is 2. The molecule has 13 heavy (non-hydrogen) atoms. The third-order valence-electron chi connectivity index (χ3n) is 1.90. The third-order valence-corrected chi connectivity index (χ3v) is 1.90. The van der Waals surface area contributed by atoms with Crippen LogP contribution in [0.5, 0.6) is 0 Å². The minimum atomic E-state index is -0.872. The van der Waals surface area contributed by atoms with E-state index in [-0.39, 0.29) is 0 Å². The molecule has 0 spiro atoms. The van der Waals surface area contributed by atoms with Gasteiger partial charge in [0, 0.05) is 5.57 Å². The zero-order valence-corrected chi connectivity index (χ0v) is 7.74. The average molecular weight is 176 g/mol. The van der Waals surface area contributed by atoms with Gasteiger partial charge in [-0.05, 0) is 31.1 Å². The van der Waals surface area contributed by atoms with Crippen molar-refractivity contribution >= 4 is 12.0 Å². The highest BCUT2D eigenvalue weighted by atomic mass is 16.4. The van der Waals surface area contributed by atoms with Gasteiger partial charge >= 0.3 is 5.97 Å². The van der Waals surface area contributed by atoms with E-state index in [1.54, 1.807) is 13.0 Å². The Morgan fingerprint density at radius 3 is 2.54 bits per heavy atom. The maximum atomic E-state index is 10.5. The lowest BCUT2D eigenvalue weighted by Gasteiger charge is -1.99. The van der Waals surface area contributed by atoms with E-state index in [0.717, 1.165) is 11.1 Å². The first-order chi connectivity index (χ1) is 6.11. The van der Waals surface area contributed by atoms with Crippen molar-refractivity contribution in [1.82, 2.24) is 0 Å². The minimum Gasteiger partial charge on any atom is -0.478 e. The van der Waals surface area contributed by atoms with Crippen molar-refractivity contribution in [2.45, 2.75) is 13.8 Å². The quantitative estimate of drug-likeness (QED) is 0.703. The van der Waals surface area contributed by atoms with Crippen LogP contribution in [0.2, 0.25) is 0 Å². The van der Waals surface area contributed by atoms with Gasteiger partial charge in [-0.1, -0.05) is 24.3 Å². The summed E-state index contributed by atoms with van der Waals surface area (Å²) in [5.41, 5.74) is 2.40. The van der Waals surface area contributed by atoms with Gasteiger partial charge in [0.05, 0.1) is 0 Å². The maximum absolute atomic E-state index is 10.5. The second-order valence-electron chi connectivity index (χ2n) is 2.99. The van der Waals surface area contributed by atoms with Crippen LogP contribution in [0, 0.1) is 6.92 Å². The summed E-state index contributed by atoms with van der Waals surface area (Å²) in [5, 5.41) is 8.67. The number of hydrogen-bond acceptors (Lipinski definition) is 1.